The molecule has 0 aliphatic heterocycles. The fourth-order valence-electron chi connectivity index (χ4n) is 1.44. The third-order valence-corrected chi connectivity index (χ3v) is 2.14. The molecule has 15 heavy (non-hydrogen) atoms. The zero-order valence-corrected chi connectivity index (χ0v) is 9.57. The molecule has 0 radical (unpaired) electrons. The van der Waals surface area contributed by atoms with E-state index in [0.29, 0.717) is 23.1 Å². The number of ether oxygens (including phenoxy) is 1. The molecular weight excluding hydrogens is 194 g/mol. The van der Waals surface area contributed by atoms with Crippen LogP contribution in [0, 0.1) is 12.8 Å². The van der Waals surface area contributed by atoms with Gasteiger partial charge < -0.3 is 10.6 Å². The van der Waals surface area contributed by atoms with E-state index in [2.05, 4.69) is 23.6 Å². The number of hydrogen-bond donors (Lipinski definition) is 1. The van der Waals surface area contributed by atoms with Crippen LogP contribution in [0.3, 0.4) is 0 Å². The lowest BCUT2D eigenvalue weighted by atomic mass is 10.1. The predicted molar refractivity (Wildman–Crippen MR) is 57.0 cm³/mol. The summed E-state index contributed by atoms with van der Waals surface area (Å²) in [4.78, 5) is 15.7. The number of carbonyl (C=O) groups is 1. The predicted octanol–water partition coefficient (Wildman–Crippen LogP) is 0.890. The van der Waals surface area contributed by atoms with Gasteiger partial charge in [0.2, 0.25) is 0 Å². The lowest BCUT2D eigenvalue weighted by molar-refractivity contribution is 0.0589. The Hall–Kier alpha value is -1.52. The quantitative estimate of drug-likeness (QED) is 0.595. The van der Waals surface area contributed by atoms with E-state index in [0.717, 1.165) is 6.42 Å². The first-order valence-corrected chi connectivity index (χ1v) is 4.89. The Morgan fingerprint density at radius 2 is 2.20 bits per heavy atom. The first kappa shape index (κ1) is 11.6. The molecule has 84 valence electrons. The second-order valence-electron chi connectivity index (χ2n) is 3.91. The number of imidazole rings is 1. The number of nitrogens with zero attached hydrogens (tertiary/aromatic N) is 2. The Morgan fingerprint density at radius 1 is 1.60 bits per heavy atom. The molecule has 0 aliphatic rings. The Bertz CT molecular complexity index is 369. The molecular formula is C10H17N3O2. The largest absolute Gasteiger partial charge is 0.464 e. The third kappa shape index (κ3) is 2.29. The zero-order valence-electron chi connectivity index (χ0n) is 9.57. The zero-order chi connectivity index (χ0) is 11.6. The molecule has 2 N–H and O–H groups in total. The minimum atomic E-state index is -0.436. The number of methoxy groups -OCH3 is 1. The average Bonchev–Trinajstić information content (AvgIpc) is 2.41. The van der Waals surface area contributed by atoms with Crippen molar-refractivity contribution in [3.8, 4) is 0 Å². The summed E-state index contributed by atoms with van der Waals surface area (Å²) >= 11 is 0. The summed E-state index contributed by atoms with van der Waals surface area (Å²) in [5, 5.41) is 0. The number of aryl methyl sites for hydroxylation is 1. The van der Waals surface area contributed by atoms with Gasteiger partial charge >= 0.3 is 5.97 Å². The molecule has 5 heteroatoms. The van der Waals surface area contributed by atoms with Gasteiger partial charge in [-0.3, -0.25) is 0 Å². The maximum atomic E-state index is 11.5. The summed E-state index contributed by atoms with van der Waals surface area (Å²) in [5.41, 5.74) is 1.06. The standard InChI is InChI=1S/C10H17N3O2/c1-6(2)5-8-9(10(14)15-4)13(11)7(3)12-8/h6H,5,11H2,1-4H3. The van der Waals surface area contributed by atoms with Gasteiger partial charge in [-0.2, -0.15) is 0 Å². The number of aromatic nitrogens is 2. The third-order valence-electron chi connectivity index (χ3n) is 2.14. The van der Waals surface area contributed by atoms with E-state index >= 15 is 0 Å². The maximum absolute atomic E-state index is 11.5. The van der Waals surface area contributed by atoms with Crippen LogP contribution in [0.15, 0.2) is 0 Å². The van der Waals surface area contributed by atoms with Crippen molar-refractivity contribution in [2.24, 2.45) is 5.92 Å². The van der Waals surface area contributed by atoms with Crippen molar-refractivity contribution in [1.29, 1.82) is 0 Å². The van der Waals surface area contributed by atoms with E-state index in [1.54, 1.807) is 6.92 Å². The van der Waals surface area contributed by atoms with Gasteiger partial charge in [0.25, 0.3) is 0 Å². The number of esters is 1. The van der Waals surface area contributed by atoms with Crippen molar-refractivity contribution < 1.29 is 9.53 Å². The van der Waals surface area contributed by atoms with E-state index in [1.165, 1.54) is 11.8 Å². The first-order chi connectivity index (χ1) is 6.97. The van der Waals surface area contributed by atoms with E-state index in [1.807, 2.05) is 0 Å². The monoisotopic (exact) mass is 211 g/mol. The highest BCUT2D eigenvalue weighted by Crippen LogP contribution is 2.14. The van der Waals surface area contributed by atoms with Crippen LogP contribution in [0.5, 0.6) is 0 Å². The van der Waals surface area contributed by atoms with Crippen LogP contribution >= 0.6 is 0 Å². The van der Waals surface area contributed by atoms with Crippen molar-refractivity contribution in [3.63, 3.8) is 0 Å². The molecule has 0 fully saturated rings. The highest BCUT2D eigenvalue weighted by Gasteiger charge is 2.21. The molecule has 0 saturated heterocycles. The van der Waals surface area contributed by atoms with Crippen LogP contribution in [-0.4, -0.2) is 22.7 Å². The molecule has 0 atom stereocenters. The molecule has 0 spiro atoms. The van der Waals surface area contributed by atoms with Gasteiger partial charge in [-0.1, -0.05) is 13.8 Å². The van der Waals surface area contributed by atoms with Crippen LogP contribution in [0.25, 0.3) is 0 Å². The number of carbonyl (C=O) groups excluding carboxylic acids is 1. The molecule has 1 aromatic heterocycles. The fraction of sp³-hybridized carbons (Fsp3) is 0.600. The lowest BCUT2D eigenvalue weighted by Gasteiger charge is -2.05. The Morgan fingerprint density at radius 3 is 2.67 bits per heavy atom. The average molecular weight is 211 g/mol. The molecule has 0 bridgehead atoms. The Kier molecular flexibility index (Phi) is 3.34. The molecule has 1 rings (SSSR count). The van der Waals surface area contributed by atoms with Crippen molar-refractivity contribution in [1.82, 2.24) is 9.66 Å². The van der Waals surface area contributed by atoms with Gasteiger partial charge in [-0.05, 0) is 19.3 Å². The van der Waals surface area contributed by atoms with Crippen LogP contribution in [0.4, 0.5) is 0 Å². The topological polar surface area (TPSA) is 70.1 Å². The molecule has 0 saturated carbocycles. The molecule has 0 aliphatic carbocycles. The van der Waals surface area contributed by atoms with Crippen LogP contribution in [-0.2, 0) is 11.2 Å². The second kappa shape index (κ2) is 4.33. The van der Waals surface area contributed by atoms with Gasteiger partial charge in [0.05, 0.1) is 12.8 Å². The second-order valence-corrected chi connectivity index (χ2v) is 3.91. The van der Waals surface area contributed by atoms with E-state index in [4.69, 9.17) is 5.84 Å². The summed E-state index contributed by atoms with van der Waals surface area (Å²) in [6, 6.07) is 0. The molecule has 5 nitrogen and oxygen atoms in total. The smallest absolute Gasteiger partial charge is 0.358 e. The van der Waals surface area contributed by atoms with Crippen molar-refractivity contribution >= 4 is 5.97 Å². The fourth-order valence-corrected chi connectivity index (χ4v) is 1.44. The van der Waals surface area contributed by atoms with Crippen molar-refractivity contribution in [3.05, 3.63) is 17.2 Å². The van der Waals surface area contributed by atoms with E-state index in [-0.39, 0.29) is 0 Å². The van der Waals surface area contributed by atoms with E-state index < -0.39 is 5.97 Å². The number of rotatable bonds is 3. The van der Waals surface area contributed by atoms with Crippen LogP contribution in [0.2, 0.25) is 0 Å². The molecule has 1 aromatic rings. The number of hydrogen-bond acceptors (Lipinski definition) is 4. The van der Waals surface area contributed by atoms with Gasteiger partial charge in [0, 0.05) is 0 Å². The maximum Gasteiger partial charge on any atom is 0.358 e. The van der Waals surface area contributed by atoms with E-state index in [9.17, 15) is 4.79 Å². The van der Waals surface area contributed by atoms with Crippen molar-refractivity contribution in [2.45, 2.75) is 27.2 Å². The highest BCUT2D eigenvalue weighted by atomic mass is 16.5. The van der Waals surface area contributed by atoms with Gasteiger partial charge in [-0.15, -0.1) is 0 Å². The minimum absolute atomic E-state index is 0.351. The summed E-state index contributed by atoms with van der Waals surface area (Å²) in [6.07, 6.45) is 0.718. The van der Waals surface area contributed by atoms with Crippen molar-refractivity contribution in [2.75, 3.05) is 13.0 Å². The lowest BCUT2D eigenvalue weighted by Crippen LogP contribution is -2.20. The number of nitrogens with two attached hydrogens (primary N) is 1. The molecule has 1 heterocycles. The van der Waals surface area contributed by atoms with Crippen LogP contribution < -0.4 is 5.84 Å². The molecule has 0 aromatic carbocycles. The molecule has 0 amide bonds. The van der Waals surface area contributed by atoms with Crippen LogP contribution in [0.1, 0.15) is 35.9 Å². The Labute approximate surface area is 89.2 Å². The first-order valence-electron chi connectivity index (χ1n) is 4.89. The highest BCUT2D eigenvalue weighted by molar-refractivity contribution is 5.89. The summed E-state index contributed by atoms with van der Waals surface area (Å²) in [5.74, 6) is 6.31. The Balaban J connectivity index is 3.15. The molecule has 0 unspecified atom stereocenters. The minimum Gasteiger partial charge on any atom is -0.464 e. The summed E-state index contributed by atoms with van der Waals surface area (Å²) < 4.78 is 5.95. The normalized spacial score (nSPS) is 10.7. The van der Waals surface area contributed by atoms with Gasteiger partial charge in [0.15, 0.2) is 5.69 Å². The number of nitrogen functional groups attached to an aromatic ring is 1. The SMILES string of the molecule is COC(=O)c1c(CC(C)C)nc(C)n1N. The summed E-state index contributed by atoms with van der Waals surface area (Å²) in [6.45, 7) is 5.88. The van der Waals surface area contributed by atoms with Gasteiger partial charge in [-0.25, -0.2) is 14.5 Å². The van der Waals surface area contributed by atoms with Gasteiger partial charge in [0.1, 0.15) is 5.82 Å². The summed E-state index contributed by atoms with van der Waals surface area (Å²) in [7, 11) is 1.34.